The maximum atomic E-state index is 15.3. The highest BCUT2D eigenvalue weighted by Gasteiger charge is 2.27. The zero-order chi connectivity index (χ0) is 19.9. The number of aromatic carboxylic acids is 1. The number of alkyl halides is 1. The van der Waals surface area contributed by atoms with Crippen LogP contribution in [0.2, 0.25) is 0 Å². The second kappa shape index (κ2) is 7.48. The van der Waals surface area contributed by atoms with E-state index in [4.69, 9.17) is 17.3 Å². The summed E-state index contributed by atoms with van der Waals surface area (Å²) in [6, 6.07) is 1.33. The lowest BCUT2D eigenvalue weighted by molar-refractivity contribution is 0.0694. The van der Waals surface area contributed by atoms with E-state index in [0.717, 1.165) is 6.42 Å². The van der Waals surface area contributed by atoms with Crippen molar-refractivity contribution >= 4 is 34.2 Å². The molecule has 0 radical (unpaired) electrons. The number of nitrogens with zero attached hydrogens (tertiary/aromatic N) is 2. The Kier molecular flexibility index (Phi) is 5.44. The number of carboxylic acids is 1. The number of aromatic nitrogens is 1. The summed E-state index contributed by atoms with van der Waals surface area (Å²) in [5.74, 6) is -1.60. The largest absolute Gasteiger partial charge is 0.477 e. The Labute approximate surface area is 161 Å². The van der Waals surface area contributed by atoms with Crippen LogP contribution < -0.4 is 16.1 Å². The zero-order valence-electron chi connectivity index (χ0n) is 15.3. The van der Waals surface area contributed by atoms with Gasteiger partial charge in [-0.1, -0.05) is 6.92 Å². The molecule has 27 heavy (non-hydrogen) atoms. The third kappa shape index (κ3) is 3.30. The van der Waals surface area contributed by atoms with Gasteiger partial charge in [0, 0.05) is 42.8 Å². The Morgan fingerprint density at radius 3 is 2.74 bits per heavy atom. The van der Waals surface area contributed by atoms with Crippen molar-refractivity contribution in [1.29, 1.82) is 0 Å². The first-order chi connectivity index (χ1) is 12.8. The molecule has 0 amide bonds. The smallest absolute Gasteiger partial charge is 0.341 e. The molecule has 2 heterocycles. The number of hydrogen-bond donors (Lipinski definition) is 2. The molecular formula is C19H23ClFN3O3. The van der Waals surface area contributed by atoms with Crippen molar-refractivity contribution in [2.75, 3.05) is 23.9 Å². The van der Waals surface area contributed by atoms with E-state index < -0.39 is 17.2 Å². The van der Waals surface area contributed by atoms with Gasteiger partial charge in [0.1, 0.15) is 5.56 Å². The number of hydrogen-bond acceptors (Lipinski definition) is 4. The summed E-state index contributed by atoms with van der Waals surface area (Å²) in [6.07, 6.45) is 2.34. The molecule has 0 saturated carbocycles. The fraction of sp³-hybridized carbons (Fsp3) is 0.474. The number of halogens is 2. The van der Waals surface area contributed by atoms with E-state index in [9.17, 15) is 14.7 Å². The van der Waals surface area contributed by atoms with Crippen molar-refractivity contribution in [3.63, 3.8) is 0 Å². The van der Waals surface area contributed by atoms with Gasteiger partial charge in [-0.05, 0) is 25.8 Å². The van der Waals surface area contributed by atoms with Gasteiger partial charge in [-0.15, -0.1) is 11.6 Å². The molecule has 0 bridgehead atoms. The van der Waals surface area contributed by atoms with Gasteiger partial charge < -0.3 is 20.3 Å². The van der Waals surface area contributed by atoms with E-state index in [1.807, 2.05) is 11.8 Å². The van der Waals surface area contributed by atoms with Crippen LogP contribution in [-0.4, -0.2) is 40.7 Å². The van der Waals surface area contributed by atoms with Gasteiger partial charge in [-0.3, -0.25) is 4.79 Å². The van der Waals surface area contributed by atoms with Gasteiger partial charge >= 0.3 is 5.97 Å². The van der Waals surface area contributed by atoms with E-state index in [0.29, 0.717) is 24.3 Å². The van der Waals surface area contributed by atoms with Gasteiger partial charge in [0.25, 0.3) is 0 Å². The van der Waals surface area contributed by atoms with Crippen LogP contribution in [0.4, 0.5) is 10.1 Å². The first-order valence-corrected chi connectivity index (χ1v) is 9.53. The maximum absolute atomic E-state index is 15.3. The predicted molar refractivity (Wildman–Crippen MR) is 105 cm³/mol. The second-order valence-corrected chi connectivity index (χ2v) is 7.33. The molecule has 1 aliphatic heterocycles. The fourth-order valence-corrected chi connectivity index (χ4v) is 3.85. The first-order valence-electron chi connectivity index (χ1n) is 9.00. The van der Waals surface area contributed by atoms with E-state index in [1.165, 1.54) is 6.20 Å². The molecule has 1 fully saturated rings. The third-order valence-electron chi connectivity index (χ3n) is 5.19. The van der Waals surface area contributed by atoms with Crippen molar-refractivity contribution in [3.8, 4) is 0 Å². The number of anilines is 1. The summed E-state index contributed by atoms with van der Waals surface area (Å²) in [6.45, 7) is 4.74. The van der Waals surface area contributed by atoms with E-state index in [-0.39, 0.29) is 40.9 Å². The van der Waals surface area contributed by atoms with Crippen LogP contribution >= 0.6 is 11.6 Å². The summed E-state index contributed by atoms with van der Waals surface area (Å²) < 4.78 is 17.0. The number of carbonyl (C=O) groups is 1. The molecule has 1 aromatic heterocycles. The van der Waals surface area contributed by atoms with Crippen LogP contribution in [0.3, 0.4) is 0 Å². The minimum absolute atomic E-state index is 0.0245. The number of nitrogens with two attached hydrogens (primary N) is 1. The van der Waals surface area contributed by atoms with Crippen molar-refractivity contribution in [2.45, 2.75) is 38.8 Å². The van der Waals surface area contributed by atoms with Crippen molar-refractivity contribution in [2.24, 2.45) is 5.73 Å². The number of carboxylic acid groups (broad SMARTS) is 1. The molecule has 1 aliphatic rings. The van der Waals surface area contributed by atoms with Gasteiger partial charge in [0.2, 0.25) is 5.43 Å². The van der Waals surface area contributed by atoms with Crippen molar-refractivity contribution in [3.05, 3.63) is 39.4 Å². The van der Waals surface area contributed by atoms with Crippen molar-refractivity contribution < 1.29 is 14.3 Å². The molecule has 2 aromatic rings. The maximum Gasteiger partial charge on any atom is 0.341 e. The lowest BCUT2D eigenvalue weighted by Crippen LogP contribution is -2.28. The van der Waals surface area contributed by atoms with E-state index >= 15 is 4.39 Å². The summed E-state index contributed by atoms with van der Waals surface area (Å²) in [4.78, 5) is 26.3. The zero-order valence-corrected chi connectivity index (χ0v) is 16.1. The molecule has 0 spiro atoms. The average Bonchev–Trinajstić information content (AvgIpc) is 3.07. The Balaban J connectivity index is 2.41. The topological polar surface area (TPSA) is 88.6 Å². The molecule has 6 nitrogen and oxygen atoms in total. The number of rotatable bonds is 5. The SMILES string of the molecule is CCc1c(F)c(N2CC[C@H](N)C2)cc2c1c(=O)c(C(=O)O)cn2C(C)CCl. The molecule has 146 valence electrons. The average molecular weight is 396 g/mol. The van der Waals surface area contributed by atoms with Gasteiger partial charge in [0.15, 0.2) is 5.82 Å². The van der Waals surface area contributed by atoms with Crippen LogP contribution in [0.15, 0.2) is 17.1 Å². The molecule has 1 aromatic carbocycles. The monoisotopic (exact) mass is 395 g/mol. The minimum Gasteiger partial charge on any atom is -0.477 e. The van der Waals surface area contributed by atoms with E-state index in [2.05, 4.69) is 0 Å². The summed E-state index contributed by atoms with van der Waals surface area (Å²) >= 11 is 6.00. The normalized spacial score (nSPS) is 18.3. The van der Waals surface area contributed by atoms with Crippen LogP contribution in [-0.2, 0) is 6.42 Å². The Morgan fingerprint density at radius 1 is 1.52 bits per heavy atom. The first kappa shape index (κ1) is 19.6. The Hall–Kier alpha value is -2.12. The lowest BCUT2D eigenvalue weighted by Gasteiger charge is -2.24. The highest BCUT2D eigenvalue weighted by Crippen LogP contribution is 2.33. The molecule has 2 atom stereocenters. The standard InChI is InChI=1S/C19H23ClFN3O3/c1-3-12-16-14(6-15(17(12)21)23-5-4-11(22)8-23)24(10(2)7-20)9-13(18(16)25)19(26)27/h6,9-11H,3-5,7-8,22H2,1-2H3,(H,26,27)/t10?,11-/m0/s1. The molecule has 1 unspecified atom stereocenters. The van der Waals surface area contributed by atoms with Crippen LogP contribution in [0.25, 0.3) is 10.9 Å². The number of pyridine rings is 1. The van der Waals surface area contributed by atoms with Crippen LogP contribution in [0.1, 0.15) is 42.2 Å². The molecule has 3 rings (SSSR count). The third-order valence-corrected chi connectivity index (χ3v) is 5.63. The summed E-state index contributed by atoms with van der Waals surface area (Å²) in [7, 11) is 0. The molecule has 8 heteroatoms. The summed E-state index contributed by atoms with van der Waals surface area (Å²) in [5.41, 5.74) is 6.03. The van der Waals surface area contributed by atoms with Crippen LogP contribution in [0, 0.1) is 5.82 Å². The number of benzene rings is 1. The second-order valence-electron chi connectivity index (χ2n) is 7.02. The molecular weight excluding hydrogens is 373 g/mol. The molecule has 3 N–H and O–H groups in total. The Bertz CT molecular complexity index is 960. The van der Waals surface area contributed by atoms with E-state index in [1.54, 1.807) is 17.6 Å². The quantitative estimate of drug-likeness (QED) is 0.760. The van der Waals surface area contributed by atoms with Gasteiger partial charge in [-0.25, -0.2) is 9.18 Å². The molecule has 0 aliphatic carbocycles. The Morgan fingerprint density at radius 2 is 2.22 bits per heavy atom. The predicted octanol–water partition coefficient (Wildman–Crippen LogP) is 2.74. The minimum atomic E-state index is -1.34. The van der Waals surface area contributed by atoms with Gasteiger partial charge in [-0.2, -0.15) is 0 Å². The highest BCUT2D eigenvalue weighted by molar-refractivity contribution is 6.18. The number of aryl methyl sites for hydroxylation is 1. The van der Waals surface area contributed by atoms with Crippen molar-refractivity contribution in [1.82, 2.24) is 4.57 Å². The number of fused-ring (bicyclic) bond motifs is 1. The molecule has 1 saturated heterocycles. The highest BCUT2D eigenvalue weighted by atomic mass is 35.5. The lowest BCUT2D eigenvalue weighted by atomic mass is 10.0. The summed E-state index contributed by atoms with van der Waals surface area (Å²) in [5, 5.41) is 9.54. The van der Waals surface area contributed by atoms with Gasteiger partial charge in [0.05, 0.1) is 16.6 Å². The fourth-order valence-electron chi connectivity index (χ4n) is 3.70. The van der Waals surface area contributed by atoms with Crippen LogP contribution in [0.5, 0.6) is 0 Å².